The Morgan fingerprint density at radius 1 is 1.00 bits per heavy atom. The van der Waals surface area contributed by atoms with E-state index in [1.807, 2.05) is 68.5 Å². The first-order valence-electron chi connectivity index (χ1n) is 10.5. The fraction of sp³-hybridized carbons (Fsp3) is 0.185. The number of hydrogen-bond donors (Lipinski definition) is 1. The molecule has 0 spiro atoms. The van der Waals surface area contributed by atoms with Gasteiger partial charge in [0.1, 0.15) is 5.52 Å². The summed E-state index contributed by atoms with van der Waals surface area (Å²) in [6, 6.07) is 20.0. The number of rotatable bonds is 5. The normalized spacial score (nSPS) is 11.5. The SMILES string of the molecule is Cc1ccc2nc(-c3ccc(C)c(NC(=O)C=Cc4ccc(C(C)C)cc4)c3)oc2c1. The molecule has 3 aromatic carbocycles. The second kappa shape index (κ2) is 8.60. The van der Waals surface area contributed by atoms with Crippen molar-refractivity contribution in [3.63, 3.8) is 0 Å². The molecule has 1 N–H and O–H groups in total. The van der Waals surface area contributed by atoms with Gasteiger partial charge in [-0.15, -0.1) is 0 Å². The summed E-state index contributed by atoms with van der Waals surface area (Å²) in [5.41, 5.74) is 7.50. The molecule has 0 aliphatic heterocycles. The Hall–Kier alpha value is -3.66. The molecule has 0 aliphatic rings. The van der Waals surface area contributed by atoms with Gasteiger partial charge in [-0.05, 0) is 72.4 Å². The molecule has 0 radical (unpaired) electrons. The maximum Gasteiger partial charge on any atom is 0.248 e. The highest BCUT2D eigenvalue weighted by atomic mass is 16.3. The summed E-state index contributed by atoms with van der Waals surface area (Å²) in [6.07, 6.45) is 3.38. The van der Waals surface area contributed by atoms with Crippen LogP contribution in [0.2, 0.25) is 0 Å². The van der Waals surface area contributed by atoms with Crippen LogP contribution in [0.3, 0.4) is 0 Å². The van der Waals surface area contributed by atoms with Crippen LogP contribution < -0.4 is 5.32 Å². The minimum atomic E-state index is -0.179. The van der Waals surface area contributed by atoms with Crippen molar-refractivity contribution >= 4 is 28.8 Å². The molecular formula is C27H26N2O2. The molecule has 0 atom stereocenters. The quantitative estimate of drug-likeness (QED) is 0.365. The zero-order valence-electron chi connectivity index (χ0n) is 18.3. The standard InChI is InChI=1S/C27H26N2O2/c1-17(2)21-11-7-20(8-12-21)9-14-26(30)28-24-16-22(10-6-19(24)4)27-29-23-13-5-18(3)15-25(23)31-27/h5-17H,1-4H3,(H,28,30). The van der Waals surface area contributed by atoms with Crippen LogP contribution in [-0.2, 0) is 4.79 Å². The Morgan fingerprint density at radius 3 is 2.52 bits per heavy atom. The van der Waals surface area contributed by atoms with Gasteiger partial charge in [-0.2, -0.15) is 0 Å². The molecule has 1 amide bonds. The first-order chi connectivity index (χ1) is 14.9. The zero-order valence-corrected chi connectivity index (χ0v) is 18.3. The van der Waals surface area contributed by atoms with E-state index in [1.165, 1.54) is 5.56 Å². The van der Waals surface area contributed by atoms with Gasteiger partial charge in [-0.3, -0.25) is 4.79 Å². The summed E-state index contributed by atoms with van der Waals surface area (Å²) in [7, 11) is 0. The van der Waals surface area contributed by atoms with Crippen LogP contribution in [-0.4, -0.2) is 10.9 Å². The van der Waals surface area contributed by atoms with Crippen LogP contribution in [0.1, 0.15) is 42.0 Å². The number of aromatic nitrogens is 1. The van der Waals surface area contributed by atoms with Crippen molar-refractivity contribution in [2.45, 2.75) is 33.6 Å². The van der Waals surface area contributed by atoms with Gasteiger partial charge in [0, 0.05) is 17.3 Å². The number of anilines is 1. The predicted molar refractivity (Wildman–Crippen MR) is 127 cm³/mol. The number of carbonyl (C=O) groups is 1. The number of aryl methyl sites for hydroxylation is 2. The average molecular weight is 411 g/mol. The second-order valence-corrected chi connectivity index (χ2v) is 8.16. The van der Waals surface area contributed by atoms with Crippen LogP contribution in [0.5, 0.6) is 0 Å². The van der Waals surface area contributed by atoms with Gasteiger partial charge >= 0.3 is 0 Å². The molecule has 0 bridgehead atoms. The Morgan fingerprint density at radius 2 is 1.77 bits per heavy atom. The van der Waals surface area contributed by atoms with E-state index >= 15 is 0 Å². The van der Waals surface area contributed by atoms with E-state index in [0.29, 0.717) is 11.8 Å². The molecule has 0 unspecified atom stereocenters. The smallest absolute Gasteiger partial charge is 0.248 e. The molecule has 1 aromatic heterocycles. The molecule has 4 aromatic rings. The van der Waals surface area contributed by atoms with E-state index in [9.17, 15) is 4.79 Å². The molecule has 0 aliphatic carbocycles. The molecule has 0 saturated heterocycles. The monoisotopic (exact) mass is 410 g/mol. The second-order valence-electron chi connectivity index (χ2n) is 8.16. The van der Waals surface area contributed by atoms with Crippen LogP contribution in [0.4, 0.5) is 5.69 Å². The highest BCUT2D eigenvalue weighted by Gasteiger charge is 2.11. The number of hydrogen-bond acceptors (Lipinski definition) is 3. The minimum Gasteiger partial charge on any atom is -0.436 e. The molecular weight excluding hydrogens is 384 g/mol. The summed E-state index contributed by atoms with van der Waals surface area (Å²) in [6.45, 7) is 8.31. The molecule has 1 heterocycles. The van der Waals surface area contributed by atoms with Crippen molar-refractivity contribution in [1.82, 2.24) is 4.98 Å². The third-order valence-electron chi connectivity index (χ3n) is 5.32. The summed E-state index contributed by atoms with van der Waals surface area (Å²) in [4.78, 5) is 17.1. The van der Waals surface area contributed by atoms with E-state index < -0.39 is 0 Å². The Bertz CT molecular complexity index is 1260. The summed E-state index contributed by atoms with van der Waals surface area (Å²) >= 11 is 0. The first kappa shape index (κ1) is 20.6. The number of nitrogens with one attached hydrogen (secondary N) is 1. The van der Waals surface area contributed by atoms with Gasteiger partial charge in [0.15, 0.2) is 5.58 Å². The van der Waals surface area contributed by atoms with Crippen molar-refractivity contribution in [2.24, 2.45) is 0 Å². The van der Waals surface area contributed by atoms with Crippen LogP contribution in [0.25, 0.3) is 28.6 Å². The predicted octanol–water partition coefficient (Wildman–Crippen LogP) is 6.89. The van der Waals surface area contributed by atoms with Crippen molar-refractivity contribution in [2.75, 3.05) is 5.32 Å². The fourth-order valence-corrected chi connectivity index (χ4v) is 3.38. The molecule has 31 heavy (non-hydrogen) atoms. The number of carbonyl (C=O) groups excluding carboxylic acids is 1. The Balaban J connectivity index is 1.52. The van der Waals surface area contributed by atoms with Gasteiger partial charge < -0.3 is 9.73 Å². The molecule has 4 nitrogen and oxygen atoms in total. The highest BCUT2D eigenvalue weighted by molar-refractivity contribution is 6.02. The number of amides is 1. The van der Waals surface area contributed by atoms with E-state index in [0.717, 1.165) is 39.0 Å². The number of benzene rings is 3. The fourth-order valence-electron chi connectivity index (χ4n) is 3.38. The topological polar surface area (TPSA) is 55.1 Å². The Kier molecular flexibility index (Phi) is 5.72. The molecule has 0 fully saturated rings. The molecule has 4 rings (SSSR count). The maximum atomic E-state index is 12.5. The zero-order chi connectivity index (χ0) is 22.0. The molecule has 156 valence electrons. The largest absolute Gasteiger partial charge is 0.436 e. The lowest BCUT2D eigenvalue weighted by Crippen LogP contribution is -2.09. The van der Waals surface area contributed by atoms with Crippen LogP contribution in [0.15, 0.2) is 71.2 Å². The minimum absolute atomic E-state index is 0.179. The van der Waals surface area contributed by atoms with Crippen molar-refractivity contribution in [3.8, 4) is 11.5 Å². The van der Waals surface area contributed by atoms with Crippen molar-refractivity contribution < 1.29 is 9.21 Å². The third kappa shape index (κ3) is 4.75. The highest BCUT2D eigenvalue weighted by Crippen LogP contribution is 2.28. The lowest BCUT2D eigenvalue weighted by Gasteiger charge is -2.08. The third-order valence-corrected chi connectivity index (χ3v) is 5.32. The first-order valence-corrected chi connectivity index (χ1v) is 10.5. The summed E-state index contributed by atoms with van der Waals surface area (Å²) in [5.74, 6) is 0.847. The number of oxazole rings is 1. The van der Waals surface area contributed by atoms with E-state index in [-0.39, 0.29) is 5.91 Å². The van der Waals surface area contributed by atoms with Crippen LogP contribution in [0, 0.1) is 13.8 Å². The van der Waals surface area contributed by atoms with E-state index in [1.54, 1.807) is 6.08 Å². The maximum absolute atomic E-state index is 12.5. The van der Waals surface area contributed by atoms with Crippen molar-refractivity contribution in [3.05, 3.63) is 89.0 Å². The molecule has 0 saturated carbocycles. The van der Waals surface area contributed by atoms with Gasteiger partial charge in [0.05, 0.1) is 0 Å². The lowest BCUT2D eigenvalue weighted by atomic mass is 10.0. The van der Waals surface area contributed by atoms with Gasteiger partial charge in [0.2, 0.25) is 11.8 Å². The summed E-state index contributed by atoms with van der Waals surface area (Å²) in [5, 5.41) is 2.97. The lowest BCUT2D eigenvalue weighted by molar-refractivity contribution is -0.111. The average Bonchev–Trinajstić information content (AvgIpc) is 3.17. The number of fused-ring (bicyclic) bond motifs is 1. The molecule has 4 heteroatoms. The number of nitrogens with zero attached hydrogens (tertiary/aromatic N) is 1. The van der Waals surface area contributed by atoms with Gasteiger partial charge in [0.25, 0.3) is 0 Å². The Labute approximate surface area is 182 Å². The van der Waals surface area contributed by atoms with Gasteiger partial charge in [-0.25, -0.2) is 4.98 Å². The van der Waals surface area contributed by atoms with E-state index in [2.05, 4.69) is 36.3 Å². The van der Waals surface area contributed by atoms with Gasteiger partial charge in [-0.1, -0.05) is 50.2 Å². The summed E-state index contributed by atoms with van der Waals surface area (Å²) < 4.78 is 5.93. The van der Waals surface area contributed by atoms with E-state index in [4.69, 9.17) is 4.42 Å². The van der Waals surface area contributed by atoms with Crippen LogP contribution >= 0.6 is 0 Å². The van der Waals surface area contributed by atoms with Crippen molar-refractivity contribution in [1.29, 1.82) is 0 Å².